The van der Waals surface area contributed by atoms with Crippen LogP contribution in [0, 0.1) is 6.92 Å². The van der Waals surface area contributed by atoms with Crippen molar-refractivity contribution < 1.29 is 9.53 Å². The maximum Gasteiger partial charge on any atom is 0.327 e. The standard InChI is InChI=1S/C12H13N3O2/c1-9-6-11(10-4-3-5-13-7-10)14-15(9)8-12(16)17-2/h3-7H,8H2,1-2H3. The molecule has 0 saturated carbocycles. The summed E-state index contributed by atoms with van der Waals surface area (Å²) in [7, 11) is 1.36. The van der Waals surface area contributed by atoms with Crippen molar-refractivity contribution in [2.24, 2.45) is 0 Å². The first kappa shape index (κ1) is 11.3. The molecule has 0 bridgehead atoms. The van der Waals surface area contributed by atoms with Crippen molar-refractivity contribution >= 4 is 5.97 Å². The van der Waals surface area contributed by atoms with E-state index in [2.05, 4.69) is 14.8 Å². The molecule has 0 N–H and O–H groups in total. The Morgan fingerprint density at radius 1 is 1.53 bits per heavy atom. The van der Waals surface area contributed by atoms with E-state index in [9.17, 15) is 4.79 Å². The van der Waals surface area contributed by atoms with Gasteiger partial charge in [-0.2, -0.15) is 5.10 Å². The van der Waals surface area contributed by atoms with E-state index in [-0.39, 0.29) is 12.5 Å². The second kappa shape index (κ2) is 4.78. The van der Waals surface area contributed by atoms with Crippen LogP contribution in [0.4, 0.5) is 0 Å². The zero-order valence-corrected chi connectivity index (χ0v) is 9.75. The fraction of sp³-hybridized carbons (Fsp3) is 0.250. The van der Waals surface area contributed by atoms with Crippen molar-refractivity contribution in [2.75, 3.05) is 7.11 Å². The summed E-state index contributed by atoms with van der Waals surface area (Å²) in [6.45, 7) is 2.03. The molecule has 5 heteroatoms. The minimum atomic E-state index is -0.311. The zero-order chi connectivity index (χ0) is 12.3. The number of ether oxygens (including phenoxy) is 1. The van der Waals surface area contributed by atoms with E-state index >= 15 is 0 Å². The summed E-state index contributed by atoms with van der Waals surface area (Å²) in [5.74, 6) is -0.311. The molecule has 2 aromatic rings. The van der Waals surface area contributed by atoms with Crippen molar-refractivity contribution in [3.05, 3.63) is 36.3 Å². The van der Waals surface area contributed by atoms with E-state index in [4.69, 9.17) is 0 Å². The van der Waals surface area contributed by atoms with E-state index in [1.165, 1.54) is 7.11 Å². The summed E-state index contributed by atoms with van der Waals surface area (Å²) in [6.07, 6.45) is 3.45. The average Bonchev–Trinajstić information content (AvgIpc) is 2.72. The summed E-state index contributed by atoms with van der Waals surface area (Å²) < 4.78 is 6.23. The molecule has 0 radical (unpaired) electrons. The van der Waals surface area contributed by atoms with Crippen molar-refractivity contribution in [1.82, 2.24) is 14.8 Å². The monoisotopic (exact) mass is 231 g/mol. The van der Waals surface area contributed by atoms with E-state index in [0.29, 0.717) is 0 Å². The third-order valence-corrected chi connectivity index (χ3v) is 2.45. The quantitative estimate of drug-likeness (QED) is 0.750. The van der Waals surface area contributed by atoms with Crippen LogP contribution in [0.3, 0.4) is 0 Å². The third-order valence-electron chi connectivity index (χ3n) is 2.45. The Hall–Kier alpha value is -2.17. The Balaban J connectivity index is 2.28. The van der Waals surface area contributed by atoms with E-state index in [1.807, 2.05) is 25.1 Å². The Kier molecular flexibility index (Phi) is 3.18. The highest BCUT2D eigenvalue weighted by Gasteiger charge is 2.09. The fourth-order valence-corrected chi connectivity index (χ4v) is 1.51. The van der Waals surface area contributed by atoms with Gasteiger partial charge in [-0.15, -0.1) is 0 Å². The molecular formula is C12H13N3O2. The average molecular weight is 231 g/mol. The Bertz CT molecular complexity index is 520. The number of aromatic nitrogens is 3. The van der Waals surface area contributed by atoms with Crippen LogP contribution in [0.1, 0.15) is 5.69 Å². The highest BCUT2D eigenvalue weighted by atomic mass is 16.5. The van der Waals surface area contributed by atoms with Gasteiger partial charge in [-0.25, -0.2) is 0 Å². The van der Waals surface area contributed by atoms with E-state index in [1.54, 1.807) is 17.1 Å². The van der Waals surface area contributed by atoms with Gasteiger partial charge >= 0.3 is 5.97 Å². The zero-order valence-electron chi connectivity index (χ0n) is 9.75. The van der Waals surface area contributed by atoms with Crippen molar-refractivity contribution in [3.63, 3.8) is 0 Å². The summed E-state index contributed by atoms with van der Waals surface area (Å²) >= 11 is 0. The summed E-state index contributed by atoms with van der Waals surface area (Å²) in [5.41, 5.74) is 2.65. The molecule has 0 aromatic carbocycles. The number of esters is 1. The number of carbonyl (C=O) groups is 1. The number of nitrogens with zero attached hydrogens (tertiary/aromatic N) is 3. The summed E-state index contributed by atoms with van der Waals surface area (Å²) in [6, 6.07) is 5.70. The van der Waals surface area contributed by atoms with Crippen LogP contribution < -0.4 is 0 Å². The molecule has 0 aliphatic carbocycles. The van der Waals surface area contributed by atoms with Gasteiger partial charge in [0.1, 0.15) is 6.54 Å². The Morgan fingerprint density at radius 3 is 3.00 bits per heavy atom. The normalized spacial score (nSPS) is 10.2. The van der Waals surface area contributed by atoms with Crippen molar-refractivity contribution in [3.8, 4) is 11.3 Å². The number of aryl methyl sites for hydroxylation is 1. The smallest absolute Gasteiger partial charge is 0.327 e. The number of pyridine rings is 1. The summed E-state index contributed by atoms with van der Waals surface area (Å²) in [5, 5.41) is 4.34. The second-order valence-electron chi connectivity index (χ2n) is 3.65. The van der Waals surface area contributed by atoms with Crippen molar-refractivity contribution in [2.45, 2.75) is 13.5 Å². The maximum atomic E-state index is 11.2. The van der Waals surface area contributed by atoms with Crippen LogP contribution in [0.5, 0.6) is 0 Å². The molecule has 0 atom stereocenters. The lowest BCUT2D eigenvalue weighted by Crippen LogP contribution is -2.13. The highest BCUT2D eigenvalue weighted by molar-refractivity contribution is 5.69. The van der Waals surface area contributed by atoms with Crippen molar-refractivity contribution in [1.29, 1.82) is 0 Å². The SMILES string of the molecule is COC(=O)Cn1nc(-c2cccnc2)cc1C. The predicted octanol–water partition coefficient (Wildman–Crippen LogP) is 1.43. The topological polar surface area (TPSA) is 57.0 Å². The highest BCUT2D eigenvalue weighted by Crippen LogP contribution is 2.17. The van der Waals surface area contributed by atoms with Crippen LogP contribution in [0.25, 0.3) is 11.3 Å². The van der Waals surface area contributed by atoms with Gasteiger partial charge in [-0.05, 0) is 25.1 Å². The first-order valence-electron chi connectivity index (χ1n) is 5.22. The maximum absolute atomic E-state index is 11.2. The minimum absolute atomic E-state index is 0.128. The van der Waals surface area contributed by atoms with E-state index < -0.39 is 0 Å². The van der Waals surface area contributed by atoms with Gasteiger partial charge in [-0.3, -0.25) is 14.5 Å². The molecule has 0 spiro atoms. The predicted molar refractivity (Wildman–Crippen MR) is 62.2 cm³/mol. The molecule has 0 aliphatic rings. The molecule has 0 saturated heterocycles. The largest absolute Gasteiger partial charge is 0.468 e. The lowest BCUT2D eigenvalue weighted by atomic mass is 10.2. The van der Waals surface area contributed by atoms with Gasteiger partial charge in [0.2, 0.25) is 0 Å². The molecule has 0 unspecified atom stereocenters. The van der Waals surface area contributed by atoms with Crippen LogP contribution in [0.2, 0.25) is 0 Å². The number of hydrogen-bond donors (Lipinski definition) is 0. The lowest BCUT2D eigenvalue weighted by Gasteiger charge is -2.01. The van der Waals surface area contributed by atoms with Gasteiger partial charge in [0.15, 0.2) is 0 Å². The molecule has 0 amide bonds. The number of rotatable bonds is 3. The van der Waals surface area contributed by atoms with Gasteiger partial charge in [0, 0.05) is 23.7 Å². The van der Waals surface area contributed by atoms with Gasteiger partial charge < -0.3 is 4.74 Å². The molecule has 88 valence electrons. The van der Waals surface area contributed by atoms with Gasteiger partial charge in [-0.1, -0.05) is 0 Å². The third kappa shape index (κ3) is 2.50. The summed E-state index contributed by atoms with van der Waals surface area (Å²) in [4.78, 5) is 15.2. The molecule has 5 nitrogen and oxygen atoms in total. The number of methoxy groups -OCH3 is 1. The molecule has 2 heterocycles. The second-order valence-corrected chi connectivity index (χ2v) is 3.65. The molecule has 2 rings (SSSR count). The first-order chi connectivity index (χ1) is 8.20. The minimum Gasteiger partial charge on any atom is -0.468 e. The molecule has 0 aliphatic heterocycles. The van der Waals surface area contributed by atoms with Gasteiger partial charge in [0.05, 0.1) is 12.8 Å². The van der Waals surface area contributed by atoms with Crippen LogP contribution in [-0.2, 0) is 16.1 Å². The lowest BCUT2D eigenvalue weighted by molar-refractivity contribution is -0.141. The van der Waals surface area contributed by atoms with E-state index in [0.717, 1.165) is 17.0 Å². The first-order valence-corrected chi connectivity index (χ1v) is 5.22. The molecule has 2 aromatic heterocycles. The number of carbonyl (C=O) groups excluding carboxylic acids is 1. The number of hydrogen-bond acceptors (Lipinski definition) is 4. The Morgan fingerprint density at radius 2 is 2.35 bits per heavy atom. The molecule has 0 fully saturated rings. The van der Waals surface area contributed by atoms with Crippen LogP contribution >= 0.6 is 0 Å². The molecule has 17 heavy (non-hydrogen) atoms. The van der Waals surface area contributed by atoms with Gasteiger partial charge in [0.25, 0.3) is 0 Å². The molecular weight excluding hydrogens is 218 g/mol. The van der Waals surface area contributed by atoms with Crippen LogP contribution in [0.15, 0.2) is 30.6 Å². The Labute approximate surface area is 99.1 Å². The van der Waals surface area contributed by atoms with Crippen LogP contribution in [-0.4, -0.2) is 27.8 Å². The fourth-order valence-electron chi connectivity index (χ4n) is 1.51.